The van der Waals surface area contributed by atoms with Crippen molar-refractivity contribution < 1.29 is 23.8 Å². The Morgan fingerprint density at radius 3 is 2.25 bits per heavy atom. The Hall–Kier alpha value is -3.83. The predicted molar refractivity (Wildman–Crippen MR) is 144 cm³/mol. The van der Waals surface area contributed by atoms with Gasteiger partial charge in [-0.25, -0.2) is 0 Å². The van der Waals surface area contributed by atoms with E-state index in [0.717, 1.165) is 32.8 Å². The maximum atomic E-state index is 12.3. The minimum atomic E-state index is -0.362. The average molecular weight is 507 g/mol. The van der Waals surface area contributed by atoms with E-state index in [-0.39, 0.29) is 30.9 Å². The van der Waals surface area contributed by atoms with Gasteiger partial charge in [-0.1, -0.05) is 36.3 Å². The summed E-state index contributed by atoms with van der Waals surface area (Å²) in [5, 5.41) is 1.88. The van der Waals surface area contributed by atoms with Crippen LogP contribution < -0.4 is 13.9 Å². The van der Waals surface area contributed by atoms with Crippen molar-refractivity contribution in [2.45, 2.75) is 24.3 Å². The lowest BCUT2D eigenvalue weighted by Gasteiger charge is -2.31. The number of nitrogens with zero attached hydrogens (tertiary/aromatic N) is 2. The molecule has 0 saturated heterocycles. The topological polar surface area (TPSA) is 68.3 Å². The molecule has 1 unspecified atom stereocenters. The monoisotopic (exact) mass is 506 g/mol. The maximum absolute atomic E-state index is 12.3. The van der Waals surface area contributed by atoms with Gasteiger partial charge in [-0.2, -0.15) is 0 Å². The standard InChI is InChI=1S/C28H30N2O5S/c1-6-16-29(20(2)17-27(31)34-4)25-14-15-26(24-13-8-7-12-23(24)25)30(19-28(32)35-5)36-22-11-9-10-21(18-22)33-3/h1,7-15,18,20H,16-17,19H2,2-5H3. The summed E-state index contributed by atoms with van der Waals surface area (Å²) in [6.07, 6.45) is 5.89. The fraction of sp³-hybridized carbons (Fsp3) is 0.286. The summed E-state index contributed by atoms with van der Waals surface area (Å²) in [6.45, 7) is 2.31. The second kappa shape index (κ2) is 12.8. The van der Waals surface area contributed by atoms with Gasteiger partial charge in [-0.3, -0.25) is 9.59 Å². The van der Waals surface area contributed by atoms with Crippen LogP contribution in [0.5, 0.6) is 5.75 Å². The van der Waals surface area contributed by atoms with E-state index in [4.69, 9.17) is 20.6 Å². The molecule has 1 atom stereocenters. The molecular weight excluding hydrogens is 476 g/mol. The SMILES string of the molecule is C#CCN(c1ccc(N(CC(=O)OC)Sc2cccc(OC)c2)c2ccccc12)C(C)CC(=O)OC. The van der Waals surface area contributed by atoms with E-state index in [2.05, 4.69) is 5.92 Å². The smallest absolute Gasteiger partial charge is 0.326 e. The van der Waals surface area contributed by atoms with Crippen molar-refractivity contribution >= 4 is 46.0 Å². The molecule has 0 aliphatic rings. The third kappa shape index (κ3) is 6.43. The number of carbonyl (C=O) groups is 2. The molecule has 0 spiro atoms. The molecule has 3 rings (SSSR count). The van der Waals surface area contributed by atoms with Gasteiger partial charge in [-0.05, 0) is 49.2 Å². The fourth-order valence-corrected chi connectivity index (χ4v) is 4.87. The first kappa shape index (κ1) is 26.8. The molecular formula is C28H30N2O5S. The molecule has 3 aromatic carbocycles. The molecule has 188 valence electrons. The van der Waals surface area contributed by atoms with Gasteiger partial charge in [0.1, 0.15) is 12.3 Å². The Morgan fingerprint density at radius 2 is 1.61 bits per heavy atom. The first-order valence-electron chi connectivity index (χ1n) is 11.4. The second-order valence-corrected chi connectivity index (χ2v) is 9.09. The van der Waals surface area contributed by atoms with E-state index in [1.165, 1.54) is 26.2 Å². The molecule has 0 heterocycles. The third-order valence-corrected chi connectivity index (χ3v) is 6.71. The molecule has 0 aliphatic carbocycles. The zero-order valence-corrected chi connectivity index (χ0v) is 21.7. The number of benzene rings is 3. The van der Waals surface area contributed by atoms with Gasteiger partial charge in [0.15, 0.2) is 0 Å². The summed E-state index contributed by atoms with van der Waals surface area (Å²) in [7, 11) is 4.37. The highest BCUT2D eigenvalue weighted by Gasteiger charge is 2.22. The summed E-state index contributed by atoms with van der Waals surface area (Å²) < 4.78 is 17.1. The Kier molecular flexibility index (Phi) is 9.48. The van der Waals surface area contributed by atoms with Crippen LogP contribution >= 0.6 is 11.9 Å². The molecule has 0 N–H and O–H groups in total. The summed E-state index contributed by atoms with van der Waals surface area (Å²) in [5.41, 5.74) is 1.74. The van der Waals surface area contributed by atoms with Crippen molar-refractivity contribution in [2.24, 2.45) is 0 Å². The molecule has 8 heteroatoms. The molecule has 0 aliphatic heterocycles. The number of terminal acetylenes is 1. The number of fused-ring (bicyclic) bond motifs is 1. The number of esters is 2. The number of ether oxygens (including phenoxy) is 3. The number of carbonyl (C=O) groups excluding carboxylic acids is 2. The lowest BCUT2D eigenvalue weighted by atomic mass is 10.0. The quantitative estimate of drug-likeness (QED) is 0.206. The molecule has 0 bridgehead atoms. The zero-order chi connectivity index (χ0) is 26.1. The molecule has 0 radical (unpaired) electrons. The van der Waals surface area contributed by atoms with Crippen LogP contribution in [0.1, 0.15) is 13.3 Å². The number of rotatable bonds is 11. The molecule has 3 aromatic rings. The van der Waals surface area contributed by atoms with Crippen LogP contribution in [0.3, 0.4) is 0 Å². The van der Waals surface area contributed by atoms with Gasteiger partial charge in [0.05, 0.1) is 40.0 Å². The minimum absolute atomic E-state index is 0.0362. The fourth-order valence-electron chi connectivity index (χ4n) is 3.88. The highest BCUT2D eigenvalue weighted by atomic mass is 32.2. The summed E-state index contributed by atoms with van der Waals surface area (Å²) in [4.78, 5) is 27.2. The van der Waals surface area contributed by atoms with E-state index in [1.807, 2.05) is 76.8 Å². The maximum Gasteiger partial charge on any atom is 0.326 e. The van der Waals surface area contributed by atoms with E-state index in [1.54, 1.807) is 7.11 Å². The van der Waals surface area contributed by atoms with Gasteiger partial charge in [-0.15, -0.1) is 6.42 Å². The van der Waals surface area contributed by atoms with Crippen molar-refractivity contribution in [1.29, 1.82) is 0 Å². The summed E-state index contributed by atoms with van der Waals surface area (Å²) in [5.74, 6) is 2.77. The minimum Gasteiger partial charge on any atom is -0.497 e. The number of anilines is 2. The van der Waals surface area contributed by atoms with Gasteiger partial charge < -0.3 is 23.4 Å². The lowest BCUT2D eigenvalue weighted by molar-refractivity contribution is -0.141. The average Bonchev–Trinajstić information content (AvgIpc) is 2.90. The Balaban J connectivity index is 2.09. The lowest BCUT2D eigenvalue weighted by Crippen LogP contribution is -2.35. The molecule has 36 heavy (non-hydrogen) atoms. The Bertz CT molecular complexity index is 1260. The number of hydrogen-bond acceptors (Lipinski definition) is 8. The summed E-state index contributed by atoms with van der Waals surface area (Å²) >= 11 is 1.42. The highest BCUT2D eigenvalue weighted by Crippen LogP contribution is 2.39. The normalized spacial score (nSPS) is 11.3. The highest BCUT2D eigenvalue weighted by molar-refractivity contribution is 8.00. The molecule has 0 aromatic heterocycles. The third-order valence-electron chi connectivity index (χ3n) is 5.70. The Labute approximate surface area is 216 Å². The first-order valence-corrected chi connectivity index (χ1v) is 12.1. The van der Waals surface area contributed by atoms with E-state index in [9.17, 15) is 9.59 Å². The van der Waals surface area contributed by atoms with Gasteiger partial charge in [0.25, 0.3) is 0 Å². The van der Waals surface area contributed by atoms with Crippen LogP contribution in [0.2, 0.25) is 0 Å². The van der Waals surface area contributed by atoms with Crippen LogP contribution in [0, 0.1) is 12.3 Å². The van der Waals surface area contributed by atoms with Crippen LogP contribution in [0.25, 0.3) is 10.8 Å². The second-order valence-electron chi connectivity index (χ2n) is 7.99. The van der Waals surface area contributed by atoms with Crippen molar-refractivity contribution in [3.63, 3.8) is 0 Å². The van der Waals surface area contributed by atoms with E-state index >= 15 is 0 Å². The predicted octanol–water partition coefficient (Wildman–Crippen LogP) is 4.93. The Morgan fingerprint density at radius 1 is 0.944 bits per heavy atom. The van der Waals surface area contributed by atoms with Gasteiger partial charge >= 0.3 is 11.9 Å². The first-order chi connectivity index (χ1) is 17.4. The van der Waals surface area contributed by atoms with Gasteiger partial charge in [0.2, 0.25) is 0 Å². The van der Waals surface area contributed by atoms with Crippen molar-refractivity contribution in [3.05, 3.63) is 60.7 Å². The van der Waals surface area contributed by atoms with E-state index < -0.39 is 0 Å². The van der Waals surface area contributed by atoms with Crippen molar-refractivity contribution in [2.75, 3.05) is 43.6 Å². The van der Waals surface area contributed by atoms with Crippen LogP contribution in [0.4, 0.5) is 11.4 Å². The van der Waals surface area contributed by atoms with Crippen molar-refractivity contribution in [3.8, 4) is 18.1 Å². The van der Waals surface area contributed by atoms with Crippen LogP contribution in [0.15, 0.2) is 65.6 Å². The van der Waals surface area contributed by atoms with Crippen LogP contribution in [-0.2, 0) is 19.1 Å². The van der Waals surface area contributed by atoms with Crippen LogP contribution in [-0.4, -0.2) is 52.4 Å². The molecule has 7 nitrogen and oxygen atoms in total. The molecule has 0 fully saturated rings. The zero-order valence-electron chi connectivity index (χ0n) is 20.9. The largest absolute Gasteiger partial charge is 0.497 e. The number of hydrogen-bond donors (Lipinski definition) is 0. The van der Waals surface area contributed by atoms with Crippen molar-refractivity contribution in [1.82, 2.24) is 0 Å². The van der Waals surface area contributed by atoms with E-state index in [0.29, 0.717) is 6.54 Å². The number of methoxy groups -OCH3 is 3. The van der Waals surface area contributed by atoms with Gasteiger partial charge in [0, 0.05) is 27.4 Å². The summed E-state index contributed by atoms with van der Waals surface area (Å²) in [6, 6.07) is 19.3. The molecule has 0 saturated carbocycles. The molecule has 0 amide bonds.